The minimum absolute atomic E-state index is 0.424. The standard InChI is InChI=1S/C10H15N2O/c13-12-8-4-10(5-9-12)11-6-2-1-3-7-11/h1-3,6-7,10,12H,4-5,8-9H2/q+1. The van der Waals surface area contributed by atoms with Gasteiger partial charge < -0.3 is 10.3 Å². The van der Waals surface area contributed by atoms with E-state index in [0.717, 1.165) is 25.9 Å². The molecule has 1 aromatic heterocycles. The molecule has 0 atom stereocenters. The van der Waals surface area contributed by atoms with Gasteiger partial charge in [0.05, 0.1) is 25.9 Å². The van der Waals surface area contributed by atoms with E-state index in [1.165, 1.54) is 0 Å². The Bertz CT molecular complexity index is 255. The predicted molar refractivity (Wildman–Crippen MR) is 49.0 cm³/mol. The summed E-state index contributed by atoms with van der Waals surface area (Å²) >= 11 is 0. The minimum atomic E-state index is 0.424. The zero-order valence-corrected chi connectivity index (χ0v) is 7.65. The van der Waals surface area contributed by atoms with Crippen molar-refractivity contribution < 1.29 is 9.63 Å². The normalized spacial score (nSPS) is 28.7. The van der Waals surface area contributed by atoms with Crippen molar-refractivity contribution in [2.75, 3.05) is 13.1 Å². The Morgan fingerprint density at radius 1 is 1.08 bits per heavy atom. The summed E-state index contributed by atoms with van der Waals surface area (Å²) in [6, 6.07) is 6.64. The van der Waals surface area contributed by atoms with Gasteiger partial charge in [-0.1, -0.05) is 6.07 Å². The van der Waals surface area contributed by atoms with E-state index in [4.69, 9.17) is 0 Å². The third-order valence-electron chi connectivity index (χ3n) is 2.67. The van der Waals surface area contributed by atoms with Crippen LogP contribution in [0.1, 0.15) is 18.9 Å². The van der Waals surface area contributed by atoms with E-state index in [-0.39, 0.29) is 0 Å². The number of pyridine rings is 1. The van der Waals surface area contributed by atoms with Crippen molar-refractivity contribution in [2.24, 2.45) is 0 Å². The average molecular weight is 179 g/mol. The third-order valence-corrected chi connectivity index (χ3v) is 2.67. The van der Waals surface area contributed by atoms with Crippen LogP contribution in [0.3, 0.4) is 0 Å². The topological polar surface area (TPSA) is 31.4 Å². The SMILES string of the molecule is [O-][NH+]1CCC([n+]2ccccc2)CC1. The molecule has 13 heavy (non-hydrogen) atoms. The van der Waals surface area contributed by atoms with Gasteiger partial charge in [0.2, 0.25) is 0 Å². The molecule has 0 aliphatic carbocycles. The second-order valence-electron chi connectivity index (χ2n) is 3.59. The Hall–Kier alpha value is -0.930. The predicted octanol–water partition coefficient (Wildman–Crippen LogP) is -0.308. The Balaban J connectivity index is 2.03. The van der Waals surface area contributed by atoms with Crippen LogP contribution >= 0.6 is 0 Å². The van der Waals surface area contributed by atoms with Gasteiger partial charge in [0.25, 0.3) is 0 Å². The maximum Gasteiger partial charge on any atom is 0.169 e. The summed E-state index contributed by atoms with van der Waals surface area (Å²) in [4.78, 5) is 0. The fourth-order valence-corrected chi connectivity index (χ4v) is 1.88. The molecule has 1 aromatic rings. The Labute approximate surface area is 78.2 Å². The number of nitrogens with zero attached hydrogens (tertiary/aromatic N) is 1. The number of hydrogen-bond acceptors (Lipinski definition) is 1. The van der Waals surface area contributed by atoms with E-state index in [0.29, 0.717) is 11.1 Å². The van der Waals surface area contributed by atoms with E-state index >= 15 is 0 Å². The van der Waals surface area contributed by atoms with Gasteiger partial charge >= 0.3 is 0 Å². The number of hydrogen-bond donors (Lipinski definition) is 1. The first-order chi connectivity index (χ1) is 6.36. The fourth-order valence-electron chi connectivity index (χ4n) is 1.88. The average Bonchev–Trinajstić information content (AvgIpc) is 2.20. The van der Waals surface area contributed by atoms with E-state index in [9.17, 15) is 5.21 Å². The number of aromatic nitrogens is 1. The third kappa shape index (κ3) is 2.05. The van der Waals surface area contributed by atoms with Gasteiger partial charge in [-0.15, -0.1) is 0 Å². The van der Waals surface area contributed by atoms with Gasteiger partial charge in [-0.3, -0.25) is 0 Å². The lowest BCUT2D eigenvalue weighted by molar-refractivity contribution is -0.870. The first-order valence-corrected chi connectivity index (χ1v) is 4.84. The Kier molecular flexibility index (Phi) is 2.57. The second kappa shape index (κ2) is 3.85. The molecule has 0 bridgehead atoms. The molecule has 1 aliphatic rings. The molecule has 2 rings (SSSR count). The van der Waals surface area contributed by atoms with Gasteiger partial charge in [-0.25, -0.2) is 4.57 Å². The van der Waals surface area contributed by atoms with Crippen molar-refractivity contribution in [3.63, 3.8) is 0 Å². The van der Waals surface area contributed by atoms with Crippen molar-refractivity contribution in [3.05, 3.63) is 35.8 Å². The molecule has 1 saturated heterocycles. The molecule has 2 heterocycles. The first kappa shape index (κ1) is 8.66. The van der Waals surface area contributed by atoms with Gasteiger partial charge in [-0.2, -0.15) is 0 Å². The summed E-state index contributed by atoms with van der Waals surface area (Å²) in [6.07, 6.45) is 6.18. The summed E-state index contributed by atoms with van der Waals surface area (Å²) in [5.74, 6) is 0. The van der Waals surface area contributed by atoms with Crippen molar-refractivity contribution >= 4 is 0 Å². The van der Waals surface area contributed by atoms with Crippen molar-refractivity contribution in [3.8, 4) is 0 Å². The molecule has 0 amide bonds. The van der Waals surface area contributed by atoms with Gasteiger partial charge in [-0.05, 0) is 0 Å². The van der Waals surface area contributed by atoms with E-state index in [1.54, 1.807) is 0 Å². The molecule has 70 valence electrons. The largest absolute Gasteiger partial charge is 0.634 e. The van der Waals surface area contributed by atoms with Crippen LogP contribution in [-0.4, -0.2) is 13.1 Å². The molecule has 1 fully saturated rings. The van der Waals surface area contributed by atoms with Crippen LogP contribution in [0.5, 0.6) is 0 Å². The van der Waals surface area contributed by atoms with Crippen LogP contribution in [0.2, 0.25) is 0 Å². The highest BCUT2D eigenvalue weighted by Gasteiger charge is 2.24. The van der Waals surface area contributed by atoms with Crippen LogP contribution in [-0.2, 0) is 0 Å². The molecule has 1 aliphatic heterocycles. The summed E-state index contributed by atoms with van der Waals surface area (Å²) in [5.41, 5.74) is 0. The number of quaternary nitrogens is 1. The monoisotopic (exact) mass is 179 g/mol. The van der Waals surface area contributed by atoms with Gasteiger partial charge in [0.15, 0.2) is 18.4 Å². The molecular weight excluding hydrogens is 164 g/mol. The number of rotatable bonds is 1. The number of nitrogens with one attached hydrogen (secondary N) is 1. The molecule has 0 unspecified atom stereocenters. The lowest BCUT2D eigenvalue weighted by atomic mass is 10.1. The lowest BCUT2D eigenvalue weighted by Gasteiger charge is -2.28. The molecule has 1 N–H and O–H groups in total. The van der Waals surface area contributed by atoms with Crippen LogP contribution in [0.4, 0.5) is 0 Å². The van der Waals surface area contributed by atoms with Crippen LogP contribution in [0, 0.1) is 5.21 Å². The maximum absolute atomic E-state index is 11.0. The molecule has 3 nitrogen and oxygen atoms in total. The zero-order valence-electron chi connectivity index (χ0n) is 7.65. The molecule has 0 saturated carbocycles. The van der Waals surface area contributed by atoms with Crippen molar-refractivity contribution in [2.45, 2.75) is 18.9 Å². The fraction of sp³-hybridized carbons (Fsp3) is 0.500. The Morgan fingerprint density at radius 2 is 1.69 bits per heavy atom. The summed E-state index contributed by atoms with van der Waals surface area (Å²) in [5, 5.41) is 11.5. The molecule has 0 spiro atoms. The highest BCUT2D eigenvalue weighted by Crippen LogP contribution is 2.07. The molecular formula is C10H15N2O+. The quantitative estimate of drug-likeness (QED) is 0.465. The summed E-state index contributed by atoms with van der Waals surface area (Å²) in [6.45, 7) is 1.51. The number of hydroxylamine groups is 2. The molecule has 0 aromatic carbocycles. The van der Waals surface area contributed by atoms with Crippen molar-refractivity contribution in [1.29, 1.82) is 0 Å². The highest BCUT2D eigenvalue weighted by atomic mass is 16.5. The summed E-state index contributed by atoms with van der Waals surface area (Å²) < 4.78 is 2.21. The van der Waals surface area contributed by atoms with Crippen molar-refractivity contribution in [1.82, 2.24) is 0 Å². The van der Waals surface area contributed by atoms with Gasteiger partial charge in [0.1, 0.15) is 0 Å². The zero-order chi connectivity index (χ0) is 9.10. The van der Waals surface area contributed by atoms with E-state index in [2.05, 4.69) is 17.0 Å². The molecule has 3 heteroatoms. The minimum Gasteiger partial charge on any atom is -0.634 e. The van der Waals surface area contributed by atoms with Crippen LogP contribution < -0.4 is 9.63 Å². The Morgan fingerprint density at radius 3 is 2.31 bits per heavy atom. The smallest absolute Gasteiger partial charge is 0.169 e. The molecule has 0 radical (unpaired) electrons. The highest BCUT2D eigenvalue weighted by molar-refractivity contribution is 4.84. The van der Waals surface area contributed by atoms with Crippen LogP contribution in [0.25, 0.3) is 0 Å². The lowest BCUT2D eigenvalue weighted by Crippen LogP contribution is -3.08. The maximum atomic E-state index is 11.0. The summed E-state index contributed by atoms with van der Waals surface area (Å²) in [7, 11) is 0. The number of piperidine rings is 1. The first-order valence-electron chi connectivity index (χ1n) is 4.84. The van der Waals surface area contributed by atoms with E-state index < -0.39 is 0 Å². The van der Waals surface area contributed by atoms with Crippen LogP contribution in [0.15, 0.2) is 30.6 Å². The van der Waals surface area contributed by atoms with E-state index in [1.807, 2.05) is 18.2 Å². The second-order valence-corrected chi connectivity index (χ2v) is 3.59. The van der Waals surface area contributed by atoms with Gasteiger partial charge in [0, 0.05) is 12.1 Å².